The van der Waals surface area contributed by atoms with E-state index in [0.717, 1.165) is 12.1 Å². The predicted octanol–water partition coefficient (Wildman–Crippen LogP) is 1.17. The molecule has 0 aliphatic heterocycles. The lowest BCUT2D eigenvalue weighted by molar-refractivity contribution is -0.119. The van der Waals surface area contributed by atoms with Gasteiger partial charge in [-0.15, -0.1) is 0 Å². The molecule has 0 saturated carbocycles. The maximum absolute atomic E-state index is 12.8. The minimum absolute atomic E-state index is 0.0353. The van der Waals surface area contributed by atoms with E-state index in [1.54, 1.807) is 24.3 Å². The smallest absolute Gasteiger partial charge is 0.365 e. The van der Waals surface area contributed by atoms with E-state index >= 15 is 0 Å². The molecule has 0 aliphatic rings. The van der Waals surface area contributed by atoms with Crippen LogP contribution < -0.4 is 16.2 Å². The summed E-state index contributed by atoms with van der Waals surface area (Å²) < 4.78 is 17.9. The number of rotatable bonds is 6. The first-order valence-electron chi connectivity index (χ1n) is 6.77. The van der Waals surface area contributed by atoms with Crippen LogP contribution in [0.5, 0.6) is 5.75 Å². The van der Waals surface area contributed by atoms with E-state index in [0.29, 0.717) is 11.3 Å². The lowest BCUT2D eigenvalue weighted by Gasteiger charge is -2.05. The fraction of sp³-hybridized carbons (Fsp3) is 0.0625. The molecule has 7 nitrogen and oxygen atoms in total. The molecule has 4 N–H and O–H groups in total. The van der Waals surface area contributed by atoms with Crippen molar-refractivity contribution in [1.29, 1.82) is 0 Å². The van der Waals surface area contributed by atoms with Crippen molar-refractivity contribution in [3.63, 3.8) is 0 Å². The van der Waals surface area contributed by atoms with Gasteiger partial charge in [0.1, 0.15) is 11.6 Å². The number of carbonyl (C=O) groups excluding carboxylic acids is 2. The Morgan fingerprint density at radius 2 is 1.54 bits per heavy atom. The maximum atomic E-state index is 12.8. The third-order valence-electron chi connectivity index (χ3n) is 2.84. The van der Waals surface area contributed by atoms with Crippen LogP contribution >= 0.6 is 0 Å². The van der Waals surface area contributed by atoms with Crippen molar-refractivity contribution in [2.75, 3.05) is 6.61 Å². The van der Waals surface area contributed by atoms with Gasteiger partial charge in [0.25, 0.3) is 5.91 Å². The number of hydrogen-bond donors (Lipinski definition) is 2. The van der Waals surface area contributed by atoms with E-state index in [1.165, 1.54) is 12.1 Å². The molecule has 124 valence electrons. The molecular weight excluding hydrogens is 317 g/mol. The van der Waals surface area contributed by atoms with Crippen LogP contribution in [0.4, 0.5) is 4.39 Å². The Morgan fingerprint density at radius 3 is 2.12 bits per heavy atom. The number of benzene rings is 2. The molecule has 24 heavy (non-hydrogen) atoms. The Hall–Kier alpha value is -3.42. The van der Waals surface area contributed by atoms with Crippen molar-refractivity contribution in [3.8, 4) is 5.75 Å². The Labute approximate surface area is 136 Å². The van der Waals surface area contributed by atoms with Gasteiger partial charge < -0.3 is 21.0 Å². The van der Waals surface area contributed by atoms with Crippen LogP contribution in [-0.2, 0) is 9.63 Å². The highest BCUT2D eigenvalue weighted by atomic mass is 19.1. The number of hydrogen-bond acceptors (Lipinski definition) is 5. The second-order valence-corrected chi connectivity index (χ2v) is 4.64. The molecule has 0 radical (unpaired) electrons. The topological polar surface area (TPSA) is 117 Å². The van der Waals surface area contributed by atoms with Gasteiger partial charge in [0.15, 0.2) is 12.4 Å². The molecule has 2 rings (SSSR count). The normalized spacial score (nSPS) is 11.0. The van der Waals surface area contributed by atoms with Crippen molar-refractivity contribution in [1.82, 2.24) is 0 Å². The highest BCUT2D eigenvalue weighted by Crippen LogP contribution is 2.12. The molecule has 2 aromatic rings. The summed E-state index contributed by atoms with van der Waals surface area (Å²) in [7, 11) is 0. The van der Waals surface area contributed by atoms with Crippen LogP contribution in [0.2, 0.25) is 0 Å². The van der Waals surface area contributed by atoms with Crippen molar-refractivity contribution < 1.29 is 23.6 Å². The van der Waals surface area contributed by atoms with Gasteiger partial charge in [-0.3, -0.25) is 4.79 Å². The third kappa shape index (κ3) is 4.80. The van der Waals surface area contributed by atoms with Gasteiger partial charge >= 0.3 is 5.97 Å². The summed E-state index contributed by atoms with van der Waals surface area (Å²) in [5.74, 6) is -1.43. The van der Waals surface area contributed by atoms with E-state index in [-0.39, 0.29) is 18.0 Å². The number of amides is 1. The van der Waals surface area contributed by atoms with Crippen LogP contribution in [-0.4, -0.2) is 24.3 Å². The molecule has 0 aromatic heterocycles. The van der Waals surface area contributed by atoms with Gasteiger partial charge in [0.2, 0.25) is 0 Å². The van der Waals surface area contributed by atoms with E-state index in [1.807, 2.05) is 0 Å². The zero-order chi connectivity index (χ0) is 17.5. The van der Waals surface area contributed by atoms with Gasteiger partial charge in [-0.2, -0.15) is 0 Å². The number of ether oxygens (including phenoxy) is 1. The first-order valence-corrected chi connectivity index (χ1v) is 6.77. The minimum Gasteiger partial charge on any atom is -0.484 e. The SMILES string of the molecule is NC(=O)COc1ccc(/C(N)=N/OC(=O)c2ccc(F)cc2)cc1. The predicted molar refractivity (Wildman–Crippen MR) is 83.7 cm³/mol. The van der Waals surface area contributed by atoms with Crippen LogP contribution in [0.3, 0.4) is 0 Å². The molecule has 0 bridgehead atoms. The standard InChI is InChI=1S/C16H14FN3O4/c17-12-5-1-11(2-6-12)16(22)24-20-15(19)10-3-7-13(8-4-10)23-9-14(18)21/h1-8H,9H2,(H2,18,21)(H2,19,20). The number of nitrogens with two attached hydrogens (primary N) is 2. The summed E-state index contributed by atoms with van der Waals surface area (Å²) in [5.41, 5.74) is 11.3. The van der Waals surface area contributed by atoms with Gasteiger partial charge in [-0.25, -0.2) is 9.18 Å². The summed E-state index contributed by atoms with van der Waals surface area (Å²) in [6.07, 6.45) is 0. The van der Waals surface area contributed by atoms with Crippen molar-refractivity contribution >= 4 is 17.7 Å². The third-order valence-corrected chi connectivity index (χ3v) is 2.84. The molecule has 1 amide bonds. The lowest BCUT2D eigenvalue weighted by Crippen LogP contribution is -2.20. The second kappa shape index (κ2) is 7.73. The van der Waals surface area contributed by atoms with Crippen molar-refractivity contribution in [2.45, 2.75) is 0 Å². The van der Waals surface area contributed by atoms with Gasteiger partial charge in [0, 0.05) is 5.56 Å². The number of carbonyl (C=O) groups is 2. The molecule has 0 heterocycles. The largest absolute Gasteiger partial charge is 0.484 e. The summed E-state index contributed by atoms with van der Waals surface area (Å²) in [6, 6.07) is 11.1. The van der Waals surface area contributed by atoms with Gasteiger partial charge in [-0.1, -0.05) is 5.16 Å². The Kier molecular flexibility index (Phi) is 5.45. The number of nitrogens with zero attached hydrogens (tertiary/aromatic N) is 1. The molecule has 8 heteroatoms. The molecule has 0 fully saturated rings. The molecule has 0 spiro atoms. The average Bonchev–Trinajstić information content (AvgIpc) is 2.58. The number of amidine groups is 1. The molecule has 0 atom stereocenters. The van der Waals surface area contributed by atoms with Crippen LogP contribution in [0.1, 0.15) is 15.9 Å². The Morgan fingerprint density at radius 1 is 0.958 bits per heavy atom. The zero-order valence-corrected chi connectivity index (χ0v) is 12.4. The quantitative estimate of drug-likeness (QED) is 0.356. The van der Waals surface area contributed by atoms with Gasteiger partial charge in [-0.05, 0) is 48.5 Å². The maximum Gasteiger partial charge on any atom is 0.365 e. The van der Waals surface area contributed by atoms with E-state index in [9.17, 15) is 14.0 Å². The number of halogens is 1. The molecule has 0 saturated heterocycles. The highest BCUT2D eigenvalue weighted by Gasteiger charge is 2.08. The van der Waals surface area contributed by atoms with E-state index in [2.05, 4.69) is 5.16 Å². The van der Waals surface area contributed by atoms with Crippen molar-refractivity contribution in [2.24, 2.45) is 16.6 Å². The Bertz CT molecular complexity index is 758. The first-order chi connectivity index (χ1) is 11.5. The Balaban J connectivity index is 1.98. The monoisotopic (exact) mass is 331 g/mol. The van der Waals surface area contributed by atoms with E-state index in [4.69, 9.17) is 21.0 Å². The summed E-state index contributed by atoms with van der Waals surface area (Å²) in [4.78, 5) is 27.0. The molecular formula is C16H14FN3O4. The zero-order valence-electron chi connectivity index (χ0n) is 12.4. The highest BCUT2D eigenvalue weighted by molar-refractivity contribution is 5.98. The average molecular weight is 331 g/mol. The number of primary amides is 1. The van der Waals surface area contributed by atoms with Crippen molar-refractivity contribution in [3.05, 3.63) is 65.5 Å². The van der Waals surface area contributed by atoms with Crippen LogP contribution in [0.15, 0.2) is 53.7 Å². The fourth-order valence-corrected chi connectivity index (χ4v) is 1.66. The van der Waals surface area contributed by atoms with E-state index < -0.39 is 17.7 Å². The van der Waals surface area contributed by atoms with Crippen LogP contribution in [0, 0.1) is 5.82 Å². The molecule has 0 unspecified atom stereocenters. The molecule has 2 aromatic carbocycles. The molecule has 0 aliphatic carbocycles. The van der Waals surface area contributed by atoms with Crippen LogP contribution in [0.25, 0.3) is 0 Å². The second-order valence-electron chi connectivity index (χ2n) is 4.64. The summed E-state index contributed by atoms with van der Waals surface area (Å²) in [5, 5.41) is 3.53. The lowest BCUT2D eigenvalue weighted by atomic mass is 10.2. The minimum atomic E-state index is -0.764. The summed E-state index contributed by atoms with van der Waals surface area (Å²) >= 11 is 0. The summed E-state index contributed by atoms with van der Waals surface area (Å²) in [6.45, 7) is -0.238. The van der Waals surface area contributed by atoms with Gasteiger partial charge in [0.05, 0.1) is 5.56 Å². The number of oxime groups is 1. The fourth-order valence-electron chi connectivity index (χ4n) is 1.66. The first kappa shape index (κ1) is 16.9.